The maximum Gasteiger partial charge on any atom is 0.410 e. The fourth-order valence-corrected chi connectivity index (χ4v) is 4.04. The highest BCUT2D eigenvalue weighted by atomic mass is 35.5. The van der Waals surface area contributed by atoms with Crippen LogP contribution in [0.3, 0.4) is 0 Å². The molecule has 2 unspecified atom stereocenters. The summed E-state index contributed by atoms with van der Waals surface area (Å²) in [7, 11) is 0. The highest BCUT2D eigenvalue weighted by Crippen LogP contribution is 2.33. The van der Waals surface area contributed by atoms with Crippen LogP contribution in [0.1, 0.15) is 38.9 Å². The molecule has 1 aromatic carbocycles. The summed E-state index contributed by atoms with van der Waals surface area (Å²) in [6.45, 7) is 7.25. The number of benzene rings is 1. The van der Waals surface area contributed by atoms with Crippen molar-refractivity contribution in [2.75, 3.05) is 32.8 Å². The van der Waals surface area contributed by atoms with Crippen molar-refractivity contribution in [2.45, 2.75) is 38.9 Å². The number of ether oxygens (including phenoxy) is 2. The van der Waals surface area contributed by atoms with Crippen molar-refractivity contribution in [1.29, 1.82) is 0 Å². The van der Waals surface area contributed by atoms with E-state index in [9.17, 15) is 14.0 Å². The van der Waals surface area contributed by atoms with Gasteiger partial charge >= 0.3 is 6.09 Å². The van der Waals surface area contributed by atoms with E-state index in [1.54, 1.807) is 9.80 Å². The summed E-state index contributed by atoms with van der Waals surface area (Å²) in [6.07, 6.45) is -0.359. The van der Waals surface area contributed by atoms with Gasteiger partial charge in [-0.25, -0.2) is 9.18 Å². The molecular weight excluding hydrogens is 422 g/mol. The molecule has 0 spiro atoms. The van der Waals surface area contributed by atoms with Gasteiger partial charge in [-0.2, -0.15) is 0 Å². The largest absolute Gasteiger partial charge is 0.444 e. The van der Waals surface area contributed by atoms with Gasteiger partial charge in [0.25, 0.3) is 0 Å². The van der Waals surface area contributed by atoms with Gasteiger partial charge in [0, 0.05) is 30.2 Å². The van der Waals surface area contributed by atoms with E-state index in [0.717, 1.165) is 0 Å². The van der Waals surface area contributed by atoms with Gasteiger partial charge in [-0.1, -0.05) is 23.2 Å². The second-order valence-corrected chi connectivity index (χ2v) is 9.16. The highest BCUT2D eigenvalue weighted by molar-refractivity contribution is 6.35. The maximum absolute atomic E-state index is 13.9. The molecule has 0 radical (unpaired) electrons. The van der Waals surface area contributed by atoms with E-state index in [2.05, 4.69) is 0 Å². The van der Waals surface area contributed by atoms with Gasteiger partial charge in [-0.05, 0) is 39.3 Å². The van der Waals surface area contributed by atoms with Crippen molar-refractivity contribution in [3.63, 3.8) is 0 Å². The van der Waals surface area contributed by atoms with Crippen molar-refractivity contribution in [1.82, 2.24) is 9.80 Å². The zero-order valence-corrected chi connectivity index (χ0v) is 18.2. The molecular formula is C20H25Cl2FN2O4. The van der Waals surface area contributed by atoms with E-state index >= 15 is 0 Å². The molecule has 1 aromatic rings. The number of carbonyl (C=O) groups excluding carboxylic acids is 2. The first-order valence-electron chi connectivity index (χ1n) is 9.58. The number of likely N-dealkylation sites (tertiary alicyclic amines) is 1. The third-order valence-corrected chi connectivity index (χ3v) is 5.57. The normalized spacial score (nSPS) is 22.7. The van der Waals surface area contributed by atoms with Gasteiger partial charge in [0.2, 0.25) is 5.91 Å². The summed E-state index contributed by atoms with van der Waals surface area (Å²) in [6, 6.07) is 2.59. The molecule has 160 valence electrons. The molecule has 2 aliphatic rings. The number of halogens is 3. The average molecular weight is 447 g/mol. The molecule has 0 aromatic heterocycles. The number of amides is 2. The van der Waals surface area contributed by atoms with Crippen LogP contribution in [0.2, 0.25) is 10.0 Å². The van der Waals surface area contributed by atoms with E-state index in [1.165, 1.54) is 12.1 Å². The molecule has 2 saturated heterocycles. The Morgan fingerprint density at radius 1 is 1.14 bits per heavy atom. The van der Waals surface area contributed by atoms with Crippen molar-refractivity contribution < 1.29 is 23.5 Å². The van der Waals surface area contributed by atoms with Gasteiger partial charge in [0.05, 0.1) is 24.1 Å². The van der Waals surface area contributed by atoms with Crippen LogP contribution in [0.5, 0.6) is 0 Å². The van der Waals surface area contributed by atoms with Crippen LogP contribution < -0.4 is 0 Å². The number of hydrogen-bond acceptors (Lipinski definition) is 4. The van der Waals surface area contributed by atoms with E-state index in [4.69, 9.17) is 32.7 Å². The number of morpholine rings is 1. The molecule has 2 aliphatic heterocycles. The first-order chi connectivity index (χ1) is 13.5. The summed E-state index contributed by atoms with van der Waals surface area (Å²) < 4.78 is 25.0. The van der Waals surface area contributed by atoms with E-state index in [1.807, 2.05) is 20.8 Å². The van der Waals surface area contributed by atoms with Crippen LogP contribution in [0.15, 0.2) is 12.1 Å². The van der Waals surface area contributed by atoms with Crippen LogP contribution in [0.25, 0.3) is 0 Å². The molecule has 2 fully saturated rings. The maximum atomic E-state index is 13.9. The van der Waals surface area contributed by atoms with Gasteiger partial charge in [-0.15, -0.1) is 0 Å². The SMILES string of the molecule is CC(C)(C)OC(=O)N1CCC(C(=O)N2CCOC(c3cc(F)c(Cl)cc3Cl)C2)C1. The third-order valence-electron chi connectivity index (χ3n) is 4.95. The molecule has 9 heteroatoms. The quantitative estimate of drug-likeness (QED) is 0.635. The number of hydrogen-bond donors (Lipinski definition) is 0. The number of nitrogens with zero attached hydrogens (tertiary/aromatic N) is 2. The zero-order chi connectivity index (χ0) is 21.3. The second kappa shape index (κ2) is 8.66. The predicted octanol–water partition coefficient (Wildman–Crippen LogP) is 4.29. The van der Waals surface area contributed by atoms with Crippen LogP contribution in [-0.2, 0) is 14.3 Å². The lowest BCUT2D eigenvalue weighted by molar-refractivity contribution is -0.142. The Morgan fingerprint density at radius 2 is 1.86 bits per heavy atom. The van der Waals surface area contributed by atoms with Gasteiger partial charge < -0.3 is 19.3 Å². The summed E-state index contributed by atoms with van der Waals surface area (Å²) in [5, 5.41) is 0.239. The lowest BCUT2D eigenvalue weighted by atomic mass is 10.0. The summed E-state index contributed by atoms with van der Waals surface area (Å²) >= 11 is 12.0. The van der Waals surface area contributed by atoms with Crippen molar-refractivity contribution in [2.24, 2.45) is 5.92 Å². The first kappa shape index (κ1) is 22.1. The molecule has 0 N–H and O–H groups in total. The molecule has 29 heavy (non-hydrogen) atoms. The minimum absolute atomic E-state index is 0.0464. The number of carbonyl (C=O) groups is 2. The second-order valence-electron chi connectivity index (χ2n) is 8.34. The van der Waals surface area contributed by atoms with Crippen molar-refractivity contribution in [3.05, 3.63) is 33.6 Å². The van der Waals surface area contributed by atoms with Crippen molar-refractivity contribution in [3.8, 4) is 0 Å². The lowest BCUT2D eigenvalue weighted by Crippen LogP contribution is -2.46. The summed E-state index contributed by atoms with van der Waals surface area (Å²) in [4.78, 5) is 28.5. The van der Waals surface area contributed by atoms with Crippen LogP contribution in [-0.4, -0.2) is 60.2 Å². The Bertz CT molecular complexity index is 799. The monoisotopic (exact) mass is 446 g/mol. The molecule has 0 bridgehead atoms. The number of rotatable bonds is 2. The van der Waals surface area contributed by atoms with Crippen LogP contribution >= 0.6 is 23.2 Å². The fraction of sp³-hybridized carbons (Fsp3) is 0.600. The zero-order valence-electron chi connectivity index (χ0n) is 16.7. The molecule has 0 aliphatic carbocycles. The minimum atomic E-state index is -0.582. The first-order valence-corrected chi connectivity index (χ1v) is 10.3. The Balaban J connectivity index is 1.63. The Kier molecular flexibility index (Phi) is 6.61. The Hall–Kier alpha value is -1.57. The molecule has 0 saturated carbocycles. The topological polar surface area (TPSA) is 59.1 Å². The molecule has 2 amide bonds. The van der Waals surface area contributed by atoms with E-state index < -0.39 is 23.6 Å². The Morgan fingerprint density at radius 3 is 2.55 bits per heavy atom. The lowest BCUT2D eigenvalue weighted by Gasteiger charge is -2.35. The minimum Gasteiger partial charge on any atom is -0.444 e. The third kappa shape index (κ3) is 5.32. The van der Waals surface area contributed by atoms with Crippen molar-refractivity contribution >= 4 is 35.2 Å². The fourth-order valence-electron chi connectivity index (χ4n) is 3.53. The van der Waals surface area contributed by atoms with Gasteiger partial charge in [-0.3, -0.25) is 4.79 Å². The predicted molar refractivity (Wildman–Crippen MR) is 108 cm³/mol. The molecule has 2 atom stereocenters. The summed E-state index contributed by atoms with van der Waals surface area (Å²) in [5.74, 6) is -0.921. The van der Waals surface area contributed by atoms with E-state index in [-0.39, 0.29) is 23.4 Å². The molecule has 3 rings (SSSR count). The van der Waals surface area contributed by atoms with Gasteiger partial charge in [0.15, 0.2) is 0 Å². The van der Waals surface area contributed by atoms with E-state index in [0.29, 0.717) is 43.2 Å². The average Bonchev–Trinajstić information content (AvgIpc) is 3.13. The van der Waals surface area contributed by atoms with Gasteiger partial charge in [0.1, 0.15) is 17.5 Å². The van der Waals surface area contributed by atoms with Crippen LogP contribution in [0, 0.1) is 11.7 Å². The smallest absolute Gasteiger partial charge is 0.410 e. The summed E-state index contributed by atoms with van der Waals surface area (Å²) in [5.41, 5.74) is -0.114. The molecule has 2 heterocycles. The Labute approximate surface area is 179 Å². The standard InChI is InChI=1S/C20H25Cl2FN2O4/c1-20(2,3)29-19(27)25-5-4-12(10-25)18(26)24-6-7-28-17(11-24)13-8-16(23)15(22)9-14(13)21/h8-9,12,17H,4-7,10-11H2,1-3H3. The molecule has 6 nitrogen and oxygen atoms in total. The van der Waals surface area contributed by atoms with Crippen LogP contribution in [0.4, 0.5) is 9.18 Å². The highest BCUT2D eigenvalue weighted by Gasteiger charge is 2.37.